The van der Waals surface area contributed by atoms with Gasteiger partial charge >= 0.3 is 366 Å². The van der Waals surface area contributed by atoms with Crippen LogP contribution in [0.1, 0.15) is 40.6 Å². The fourth-order valence-electron chi connectivity index (χ4n) is 10.2. The van der Waals surface area contributed by atoms with Crippen LogP contribution in [0.5, 0.6) is 0 Å². The second-order valence-electron chi connectivity index (χ2n) is 16.6. The van der Waals surface area contributed by atoms with Crippen LogP contribution in [-0.2, 0) is 15.6 Å². The maximum absolute atomic E-state index is 9.36. The van der Waals surface area contributed by atoms with E-state index in [0.29, 0.717) is 0 Å². The third kappa shape index (κ3) is 6.43. The van der Waals surface area contributed by atoms with Gasteiger partial charge in [-0.05, 0) is 0 Å². The van der Waals surface area contributed by atoms with Gasteiger partial charge in [0, 0.05) is 0 Å². The standard InChI is InChI=1S/2C27H19.C2H7Si.2ClH.Zr/c2*1-4-10-20(11-5-1)23-18-26-24(21-12-6-2-7-13-21)16-17-25(27(26)19-23)22-14-8-3-9-15-22;1-3-2;;;/h2*1-19H;3H,1-2H3;2*1H;/q;;;;;+2/p-2. The average molecular weight is 908 g/mol. The summed E-state index contributed by atoms with van der Waals surface area (Å²) >= 11 is -5.55. The monoisotopic (exact) mass is 905 g/mol. The number of fused-ring (bicyclic) bond motifs is 2. The molecule has 0 heterocycles. The summed E-state index contributed by atoms with van der Waals surface area (Å²) in [6, 6.07) is 74.6. The maximum atomic E-state index is 9.36. The molecule has 4 heteroatoms. The van der Waals surface area contributed by atoms with E-state index in [1.807, 2.05) is 0 Å². The van der Waals surface area contributed by atoms with Gasteiger partial charge in [-0.25, -0.2) is 0 Å². The third-order valence-corrected chi connectivity index (χ3v) is 64.6. The second kappa shape index (κ2) is 15.7. The van der Waals surface area contributed by atoms with Gasteiger partial charge in [-0.3, -0.25) is 0 Å². The van der Waals surface area contributed by atoms with Crippen molar-refractivity contribution >= 4 is 46.2 Å². The molecule has 0 nitrogen and oxygen atoms in total. The normalized spacial score (nSPS) is 16.4. The van der Waals surface area contributed by atoms with Crippen molar-refractivity contribution < 1.29 is 15.6 Å². The van der Waals surface area contributed by atoms with E-state index in [-0.39, 0.29) is 7.25 Å². The first-order valence-corrected chi connectivity index (χ1v) is 37.3. The number of hydrogen-bond acceptors (Lipinski definition) is 0. The molecule has 8 aromatic carbocycles. The molecule has 0 saturated carbocycles. The Morgan fingerprint density at radius 1 is 0.333 bits per heavy atom. The minimum atomic E-state index is -5.55. The first-order chi connectivity index (χ1) is 29.3. The van der Waals surface area contributed by atoms with Crippen LogP contribution < -0.4 is 0 Å². The topological polar surface area (TPSA) is 0 Å². The van der Waals surface area contributed by atoms with Crippen LogP contribution in [0, 0.1) is 0 Å². The van der Waals surface area contributed by atoms with Crippen LogP contribution in [0.2, 0.25) is 13.1 Å². The van der Waals surface area contributed by atoms with Gasteiger partial charge in [0.15, 0.2) is 0 Å². The Kier molecular flexibility index (Phi) is 10.3. The molecule has 0 spiro atoms. The Bertz CT molecular complexity index is 2710. The average Bonchev–Trinajstić information content (AvgIpc) is 3.93. The Hall–Kier alpha value is -5.08. The predicted molar refractivity (Wildman–Crippen MR) is 259 cm³/mol. The molecule has 60 heavy (non-hydrogen) atoms. The van der Waals surface area contributed by atoms with Gasteiger partial charge in [0.25, 0.3) is 0 Å². The number of benzene rings is 8. The molecule has 0 amide bonds. The van der Waals surface area contributed by atoms with E-state index in [9.17, 15) is 17.0 Å². The van der Waals surface area contributed by atoms with Gasteiger partial charge < -0.3 is 0 Å². The Morgan fingerprint density at radius 3 is 0.867 bits per heavy atom. The van der Waals surface area contributed by atoms with Gasteiger partial charge in [-0.1, -0.05) is 0 Å². The van der Waals surface area contributed by atoms with Gasteiger partial charge in [-0.2, -0.15) is 0 Å². The van der Waals surface area contributed by atoms with E-state index < -0.39 is 21.5 Å². The summed E-state index contributed by atoms with van der Waals surface area (Å²) in [5.74, 6) is -2.01. The van der Waals surface area contributed by atoms with E-state index in [1.165, 1.54) is 89.0 Å². The van der Waals surface area contributed by atoms with Crippen molar-refractivity contribution in [1.29, 1.82) is 0 Å². The summed E-state index contributed by atoms with van der Waals surface area (Å²) in [6.45, 7) is 4.91. The Balaban J connectivity index is 1.35. The molecule has 0 aliphatic heterocycles. The summed E-state index contributed by atoms with van der Waals surface area (Å²) in [5, 5.41) is 0. The van der Waals surface area contributed by atoms with E-state index in [0.717, 1.165) is 0 Å². The summed E-state index contributed by atoms with van der Waals surface area (Å²) < 4.78 is -0.408. The van der Waals surface area contributed by atoms with E-state index in [2.05, 4.69) is 232 Å². The van der Waals surface area contributed by atoms with Crippen LogP contribution in [-0.4, -0.2) is 5.92 Å². The van der Waals surface area contributed by atoms with Crippen molar-refractivity contribution in [3.63, 3.8) is 0 Å². The quantitative estimate of drug-likeness (QED) is 0.127. The van der Waals surface area contributed by atoms with Crippen molar-refractivity contribution in [2.24, 2.45) is 0 Å². The summed E-state index contributed by atoms with van der Waals surface area (Å²) in [6.07, 6.45) is 4.94. The number of rotatable bonds is 9. The van der Waals surface area contributed by atoms with E-state index in [1.54, 1.807) is 0 Å². The van der Waals surface area contributed by atoms with Gasteiger partial charge in [0.05, 0.1) is 0 Å². The molecule has 0 bridgehead atoms. The molecule has 8 aromatic rings. The molecule has 0 N–H and O–H groups in total. The molecular weight excluding hydrogens is 863 g/mol. The molecule has 2 unspecified atom stereocenters. The first-order valence-electron chi connectivity index (χ1n) is 21.0. The van der Waals surface area contributed by atoms with Crippen LogP contribution in [0.3, 0.4) is 0 Å². The summed E-state index contributed by atoms with van der Waals surface area (Å²) in [4.78, 5) is 0. The fraction of sp³-hybridized carbons (Fsp3) is 0.0714. The zero-order valence-corrected chi connectivity index (χ0v) is 38.9. The molecule has 0 aromatic heterocycles. The van der Waals surface area contributed by atoms with Crippen LogP contribution >= 0.6 is 17.0 Å². The predicted octanol–water partition coefficient (Wildman–Crippen LogP) is 16.2. The van der Waals surface area contributed by atoms with Crippen molar-refractivity contribution in [3.8, 4) is 44.5 Å². The van der Waals surface area contributed by atoms with Crippen molar-refractivity contribution in [1.82, 2.24) is 0 Å². The third-order valence-electron chi connectivity index (χ3n) is 13.1. The molecule has 2 aliphatic carbocycles. The Morgan fingerprint density at radius 2 is 0.583 bits per heavy atom. The van der Waals surface area contributed by atoms with E-state index in [4.69, 9.17) is 0 Å². The van der Waals surface area contributed by atoms with Crippen molar-refractivity contribution in [2.75, 3.05) is 0 Å². The van der Waals surface area contributed by atoms with Gasteiger partial charge in [-0.15, -0.1) is 0 Å². The molecule has 0 saturated heterocycles. The number of halogens is 2. The zero-order chi connectivity index (χ0) is 40.9. The summed E-state index contributed by atoms with van der Waals surface area (Å²) in [5.41, 5.74) is 19.4. The fourth-order valence-corrected chi connectivity index (χ4v) is 40.0. The molecule has 2 aliphatic rings. The molecular formula is C56H45Cl2SiZr. The molecule has 291 valence electrons. The SMILES string of the molecule is C[SiH](C)[Zr]([Cl])([Cl])([CH]1C(c2ccccc2)=Cc2c(-c3ccccc3)ccc(-c3ccccc3)c21)[CH]1C(c2ccccc2)=Cc2c(-c3ccccc3)ccc(-c3ccccc3)c21. The Labute approximate surface area is 363 Å². The first kappa shape index (κ1) is 39.1. The van der Waals surface area contributed by atoms with Crippen LogP contribution in [0.25, 0.3) is 67.8 Å². The molecule has 10 rings (SSSR count). The second-order valence-corrected chi connectivity index (χ2v) is 59.1. The van der Waals surface area contributed by atoms with Gasteiger partial charge in [0.1, 0.15) is 0 Å². The van der Waals surface area contributed by atoms with Crippen molar-refractivity contribution in [3.05, 3.63) is 240 Å². The van der Waals surface area contributed by atoms with Crippen LogP contribution in [0.15, 0.2) is 206 Å². The zero-order valence-electron chi connectivity index (χ0n) is 33.8. The van der Waals surface area contributed by atoms with Gasteiger partial charge in [0.2, 0.25) is 0 Å². The summed E-state index contributed by atoms with van der Waals surface area (Å²) in [7, 11) is 18.7. The number of allylic oxidation sites excluding steroid dienone is 2. The number of hydrogen-bond donors (Lipinski definition) is 0. The minimum absolute atomic E-state index is 0.204. The molecule has 0 fully saturated rings. The molecule has 2 atom stereocenters. The van der Waals surface area contributed by atoms with Crippen molar-refractivity contribution in [2.45, 2.75) is 20.3 Å². The van der Waals surface area contributed by atoms with Crippen LogP contribution in [0.4, 0.5) is 0 Å². The van der Waals surface area contributed by atoms with E-state index >= 15 is 0 Å². The molecule has 0 radical (unpaired) electrons.